The summed E-state index contributed by atoms with van der Waals surface area (Å²) in [6.45, 7) is 2.50. The number of amides is 1. The van der Waals surface area contributed by atoms with Gasteiger partial charge in [-0.3, -0.25) is 9.69 Å². The molecule has 0 bridgehead atoms. The van der Waals surface area contributed by atoms with Crippen molar-refractivity contribution in [2.75, 3.05) is 14.2 Å². The summed E-state index contributed by atoms with van der Waals surface area (Å²) in [6, 6.07) is 17.9. The van der Waals surface area contributed by atoms with E-state index >= 15 is 0 Å². The number of carbonyl (C=O) groups excluding carboxylic acids is 1. The number of nitrogens with zero attached hydrogens (tertiary/aromatic N) is 1. The second kappa shape index (κ2) is 8.50. The molecule has 1 saturated heterocycles. The van der Waals surface area contributed by atoms with Crippen LogP contribution in [0.15, 0.2) is 59.5 Å². The Labute approximate surface area is 185 Å². The molecular formula is C24H21NO3S2. The highest BCUT2D eigenvalue weighted by molar-refractivity contribution is 8.26. The van der Waals surface area contributed by atoms with Crippen molar-refractivity contribution < 1.29 is 14.3 Å². The summed E-state index contributed by atoms with van der Waals surface area (Å²) >= 11 is 6.83. The Morgan fingerprint density at radius 3 is 2.47 bits per heavy atom. The van der Waals surface area contributed by atoms with Gasteiger partial charge in [0.25, 0.3) is 5.91 Å². The number of hydrogen-bond donors (Lipinski definition) is 0. The van der Waals surface area contributed by atoms with E-state index in [1.54, 1.807) is 19.1 Å². The first-order valence-electron chi connectivity index (χ1n) is 9.46. The smallest absolute Gasteiger partial charge is 0.266 e. The molecule has 0 radical (unpaired) electrons. The lowest BCUT2D eigenvalue weighted by Crippen LogP contribution is -2.27. The Kier molecular flexibility index (Phi) is 5.79. The van der Waals surface area contributed by atoms with E-state index in [4.69, 9.17) is 21.7 Å². The van der Waals surface area contributed by atoms with Crippen molar-refractivity contribution in [3.8, 4) is 11.5 Å². The van der Waals surface area contributed by atoms with E-state index in [2.05, 4.69) is 0 Å². The molecule has 0 N–H and O–H groups in total. The first-order chi connectivity index (χ1) is 14.5. The van der Waals surface area contributed by atoms with Crippen molar-refractivity contribution in [1.29, 1.82) is 0 Å². The number of hydrogen-bond acceptors (Lipinski definition) is 5. The molecule has 1 heterocycles. The molecule has 4 rings (SSSR count). The number of fused-ring (bicyclic) bond motifs is 1. The fourth-order valence-corrected chi connectivity index (χ4v) is 4.64. The summed E-state index contributed by atoms with van der Waals surface area (Å²) in [4.78, 5) is 15.4. The van der Waals surface area contributed by atoms with Gasteiger partial charge in [-0.25, -0.2) is 0 Å². The molecule has 6 heteroatoms. The highest BCUT2D eigenvalue weighted by Gasteiger charge is 2.32. The van der Waals surface area contributed by atoms with Gasteiger partial charge in [0.15, 0.2) is 0 Å². The van der Waals surface area contributed by atoms with Crippen molar-refractivity contribution in [2.45, 2.75) is 13.5 Å². The molecule has 0 aromatic heterocycles. The summed E-state index contributed by atoms with van der Waals surface area (Å²) in [5.74, 6) is 1.35. The van der Waals surface area contributed by atoms with Crippen LogP contribution in [-0.2, 0) is 11.3 Å². The van der Waals surface area contributed by atoms with Crippen LogP contribution in [0.3, 0.4) is 0 Å². The van der Waals surface area contributed by atoms with E-state index in [0.29, 0.717) is 21.5 Å². The molecule has 30 heavy (non-hydrogen) atoms. The Morgan fingerprint density at radius 2 is 1.77 bits per heavy atom. The molecule has 0 saturated carbocycles. The predicted octanol–water partition coefficient (Wildman–Crippen LogP) is 5.57. The molecule has 1 aliphatic rings. The maximum atomic E-state index is 13.1. The standard InChI is InChI=1S/C24H21NO3S2/c1-15-4-6-16(7-5-15)14-25-23(26)22(30-24(25)29)13-20-19-12-18(27-2)10-8-17(19)9-11-21(20)28-3/h4-13H,14H2,1-3H3/b22-13-. The van der Waals surface area contributed by atoms with Crippen LogP contribution in [0.2, 0.25) is 0 Å². The molecule has 1 amide bonds. The van der Waals surface area contributed by atoms with Gasteiger partial charge in [-0.1, -0.05) is 65.9 Å². The van der Waals surface area contributed by atoms with Crippen LogP contribution in [0, 0.1) is 6.92 Å². The van der Waals surface area contributed by atoms with E-state index in [0.717, 1.165) is 27.6 Å². The van der Waals surface area contributed by atoms with Crippen molar-refractivity contribution in [3.63, 3.8) is 0 Å². The van der Waals surface area contributed by atoms with Crippen LogP contribution >= 0.6 is 24.0 Å². The van der Waals surface area contributed by atoms with Gasteiger partial charge in [0.2, 0.25) is 0 Å². The zero-order valence-corrected chi connectivity index (χ0v) is 18.6. The number of methoxy groups -OCH3 is 2. The molecule has 0 spiro atoms. The number of ether oxygens (including phenoxy) is 2. The van der Waals surface area contributed by atoms with Gasteiger partial charge in [-0.15, -0.1) is 0 Å². The molecular weight excluding hydrogens is 414 g/mol. The summed E-state index contributed by atoms with van der Waals surface area (Å²) in [5.41, 5.74) is 3.07. The summed E-state index contributed by atoms with van der Waals surface area (Å²) < 4.78 is 11.5. The van der Waals surface area contributed by atoms with Crippen molar-refractivity contribution >= 4 is 51.1 Å². The highest BCUT2D eigenvalue weighted by atomic mass is 32.2. The molecule has 4 nitrogen and oxygen atoms in total. The molecule has 0 atom stereocenters. The number of aryl methyl sites for hydroxylation is 1. The molecule has 3 aromatic carbocycles. The van der Waals surface area contributed by atoms with Crippen LogP contribution in [0.4, 0.5) is 0 Å². The zero-order valence-electron chi connectivity index (χ0n) is 17.0. The van der Waals surface area contributed by atoms with E-state index in [1.165, 1.54) is 17.3 Å². The molecule has 152 valence electrons. The van der Waals surface area contributed by atoms with Crippen LogP contribution in [0.1, 0.15) is 16.7 Å². The van der Waals surface area contributed by atoms with Crippen molar-refractivity contribution in [1.82, 2.24) is 4.90 Å². The highest BCUT2D eigenvalue weighted by Crippen LogP contribution is 2.38. The first kappa shape index (κ1) is 20.4. The zero-order chi connectivity index (χ0) is 21.3. The Morgan fingerprint density at radius 1 is 1.03 bits per heavy atom. The minimum Gasteiger partial charge on any atom is -0.497 e. The maximum Gasteiger partial charge on any atom is 0.266 e. The van der Waals surface area contributed by atoms with Gasteiger partial charge >= 0.3 is 0 Å². The van der Waals surface area contributed by atoms with Gasteiger partial charge in [-0.2, -0.15) is 0 Å². The predicted molar refractivity (Wildman–Crippen MR) is 127 cm³/mol. The number of thioether (sulfide) groups is 1. The van der Waals surface area contributed by atoms with Crippen molar-refractivity contribution in [2.24, 2.45) is 0 Å². The summed E-state index contributed by atoms with van der Waals surface area (Å²) in [5, 5.41) is 2.00. The normalized spacial score (nSPS) is 15.3. The second-order valence-corrected chi connectivity index (χ2v) is 8.70. The molecule has 0 unspecified atom stereocenters. The van der Waals surface area contributed by atoms with E-state index in [-0.39, 0.29) is 5.91 Å². The lowest BCUT2D eigenvalue weighted by Gasteiger charge is -2.14. The van der Waals surface area contributed by atoms with E-state index < -0.39 is 0 Å². The maximum absolute atomic E-state index is 13.1. The largest absolute Gasteiger partial charge is 0.497 e. The first-order valence-corrected chi connectivity index (χ1v) is 10.7. The lowest BCUT2D eigenvalue weighted by atomic mass is 10.0. The Bertz CT molecular complexity index is 1160. The Balaban J connectivity index is 1.72. The van der Waals surface area contributed by atoms with E-state index in [1.807, 2.05) is 67.6 Å². The van der Waals surface area contributed by atoms with Crippen LogP contribution in [-0.4, -0.2) is 29.3 Å². The minimum absolute atomic E-state index is 0.0903. The van der Waals surface area contributed by atoms with Gasteiger partial charge in [0.1, 0.15) is 15.8 Å². The monoisotopic (exact) mass is 435 g/mol. The average Bonchev–Trinajstić information content (AvgIpc) is 3.02. The molecule has 0 aliphatic carbocycles. The van der Waals surface area contributed by atoms with Crippen LogP contribution < -0.4 is 9.47 Å². The number of thiocarbonyl (C=S) groups is 1. The van der Waals surface area contributed by atoms with Gasteiger partial charge in [0, 0.05) is 5.56 Å². The van der Waals surface area contributed by atoms with Gasteiger partial charge in [-0.05, 0) is 47.5 Å². The topological polar surface area (TPSA) is 38.8 Å². The van der Waals surface area contributed by atoms with E-state index in [9.17, 15) is 4.79 Å². The quantitative estimate of drug-likeness (QED) is 0.387. The molecule has 1 fully saturated rings. The number of benzene rings is 3. The SMILES string of the molecule is COc1ccc2ccc(OC)c(/C=C3\SC(=S)N(Cc4ccc(C)cc4)C3=O)c2c1. The summed E-state index contributed by atoms with van der Waals surface area (Å²) in [7, 11) is 3.26. The second-order valence-electron chi connectivity index (χ2n) is 7.02. The third-order valence-electron chi connectivity index (χ3n) is 5.06. The fraction of sp³-hybridized carbons (Fsp3) is 0.167. The minimum atomic E-state index is -0.0903. The van der Waals surface area contributed by atoms with Gasteiger partial charge < -0.3 is 9.47 Å². The summed E-state index contributed by atoms with van der Waals surface area (Å²) in [6.07, 6.45) is 1.87. The van der Waals surface area contributed by atoms with Crippen molar-refractivity contribution in [3.05, 3.63) is 76.2 Å². The lowest BCUT2D eigenvalue weighted by molar-refractivity contribution is -0.122. The third-order valence-corrected chi connectivity index (χ3v) is 6.44. The molecule has 3 aromatic rings. The number of carbonyl (C=O) groups is 1. The van der Waals surface area contributed by atoms with Crippen LogP contribution in [0.5, 0.6) is 11.5 Å². The Hall–Kier alpha value is -2.83. The van der Waals surface area contributed by atoms with Crippen LogP contribution in [0.25, 0.3) is 16.8 Å². The average molecular weight is 436 g/mol. The van der Waals surface area contributed by atoms with Gasteiger partial charge in [0.05, 0.1) is 25.7 Å². The molecule has 1 aliphatic heterocycles. The third kappa shape index (κ3) is 3.93. The number of rotatable bonds is 5. The fourth-order valence-electron chi connectivity index (χ4n) is 3.40.